The molecule has 146 valence electrons. The zero-order valence-corrected chi connectivity index (χ0v) is 16.6. The molecule has 1 heterocycles. The number of amides is 1. The Morgan fingerprint density at radius 3 is 2.26 bits per heavy atom. The molecule has 27 heavy (non-hydrogen) atoms. The molecule has 0 aliphatic carbocycles. The maximum Gasteiger partial charge on any atom is 0.410 e. The summed E-state index contributed by atoms with van der Waals surface area (Å²) in [5.74, 6) is -0.357. The van der Waals surface area contributed by atoms with E-state index in [4.69, 9.17) is 9.47 Å². The van der Waals surface area contributed by atoms with Crippen LogP contribution in [0.5, 0.6) is 0 Å². The number of carbonyl (C=O) groups excluding carboxylic acids is 2. The molecule has 1 fully saturated rings. The maximum absolute atomic E-state index is 12.2. The molecule has 1 aliphatic heterocycles. The number of likely N-dealkylation sites (tertiary alicyclic amines) is 1. The standard InChI is InChI=1S/C21H28N2O4/c1-20(2,3)27-19(25)23-13-11-21(15-22,12-14-23)10-9-16-5-7-17(8-6-16)18(24)26-4/h5-8H,9-14H2,1-4H3. The molecule has 1 saturated heterocycles. The lowest BCUT2D eigenvalue weighted by molar-refractivity contribution is 0.0142. The molecule has 6 heteroatoms. The molecule has 0 unspecified atom stereocenters. The van der Waals surface area contributed by atoms with Gasteiger partial charge < -0.3 is 14.4 Å². The zero-order chi connectivity index (χ0) is 20.1. The highest BCUT2D eigenvalue weighted by Crippen LogP contribution is 2.36. The average Bonchev–Trinajstić information content (AvgIpc) is 2.65. The normalized spacial score (nSPS) is 16.3. The summed E-state index contributed by atoms with van der Waals surface area (Å²) in [5.41, 5.74) is 0.644. The summed E-state index contributed by atoms with van der Waals surface area (Å²) < 4.78 is 10.1. The molecule has 6 nitrogen and oxygen atoms in total. The van der Waals surface area contributed by atoms with E-state index in [1.54, 1.807) is 17.0 Å². The Balaban J connectivity index is 1.91. The van der Waals surface area contributed by atoms with Gasteiger partial charge in [0, 0.05) is 13.1 Å². The van der Waals surface area contributed by atoms with Crippen molar-refractivity contribution < 1.29 is 19.1 Å². The van der Waals surface area contributed by atoms with Crippen LogP contribution in [-0.4, -0.2) is 42.8 Å². The fourth-order valence-corrected chi connectivity index (χ4v) is 3.17. The van der Waals surface area contributed by atoms with E-state index in [0.717, 1.165) is 18.4 Å². The van der Waals surface area contributed by atoms with Crippen LogP contribution >= 0.6 is 0 Å². The van der Waals surface area contributed by atoms with Gasteiger partial charge in [-0.25, -0.2) is 9.59 Å². The smallest absolute Gasteiger partial charge is 0.410 e. The van der Waals surface area contributed by atoms with Crippen molar-refractivity contribution in [2.45, 2.75) is 52.1 Å². The van der Waals surface area contributed by atoms with Gasteiger partial charge in [0.1, 0.15) is 5.60 Å². The van der Waals surface area contributed by atoms with Gasteiger partial charge in [-0.15, -0.1) is 0 Å². The Bertz CT molecular complexity index is 705. The van der Waals surface area contributed by atoms with Crippen LogP contribution in [0.25, 0.3) is 0 Å². The number of carbonyl (C=O) groups is 2. The third kappa shape index (κ3) is 5.72. The van der Waals surface area contributed by atoms with Crippen molar-refractivity contribution in [1.29, 1.82) is 5.26 Å². The minimum absolute atomic E-state index is 0.313. The Labute approximate surface area is 161 Å². The molecule has 1 aliphatic rings. The van der Waals surface area contributed by atoms with Crippen molar-refractivity contribution in [3.8, 4) is 6.07 Å². The summed E-state index contributed by atoms with van der Waals surface area (Å²) in [6.07, 6.45) is 2.45. The number of methoxy groups -OCH3 is 1. The van der Waals surface area contributed by atoms with Crippen molar-refractivity contribution in [3.63, 3.8) is 0 Å². The first kappa shape index (κ1) is 20.8. The van der Waals surface area contributed by atoms with E-state index in [2.05, 4.69) is 6.07 Å². The number of hydrogen-bond donors (Lipinski definition) is 0. The van der Waals surface area contributed by atoms with Gasteiger partial charge in [0.05, 0.1) is 24.2 Å². The van der Waals surface area contributed by atoms with E-state index >= 15 is 0 Å². The van der Waals surface area contributed by atoms with Crippen molar-refractivity contribution in [1.82, 2.24) is 4.90 Å². The van der Waals surface area contributed by atoms with E-state index in [0.29, 0.717) is 31.5 Å². The van der Waals surface area contributed by atoms with Gasteiger partial charge in [0.25, 0.3) is 0 Å². The molecular weight excluding hydrogens is 344 g/mol. The highest BCUT2D eigenvalue weighted by molar-refractivity contribution is 5.89. The molecule has 1 aromatic carbocycles. The summed E-state index contributed by atoms with van der Waals surface area (Å²) >= 11 is 0. The zero-order valence-electron chi connectivity index (χ0n) is 16.6. The SMILES string of the molecule is COC(=O)c1ccc(CCC2(C#N)CCN(C(=O)OC(C)(C)C)CC2)cc1. The highest BCUT2D eigenvalue weighted by atomic mass is 16.6. The van der Waals surface area contributed by atoms with E-state index < -0.39 is 11.0 Å². The molecular formula is C21H28N2O4. The van der Waals surface area contributed by atoms with Crippen LogP contribution in [0.1, 0.15) is 56.0 Å². The van der Waals surface area contributed by atoms with Crippen molar-refractivity contribution in [2.24, 2.45) is 5.41 Å². The van der Waals surface area contributed by atoms with Crippen molar-refractivity contribution in [3.05, 3.63) is 35.4 Å². The predicted octanol–water partition coefficient (Wildman–Crippen LogP) is 3.95. The second kappa shape index (κ2) is 8.43. The summed E-state index contributed by atoms with van der Waals surface area (Å²) in [6, 6.07) is 9.76. The summed E-state index contributed by atoms with van der Waals surface area (Å²) in [5, 5.41) is 9.73. The molecule has 0 aromatic heterocycles. The van der Waals surface area contributed by atoms with Gasteiger partial charge >= 0.3 is 12.1 Å². The Kier molecular flexibility index (Phi) is 6.48. The molecule has 0 atom stereocenters. The van der Waals surface area contributed by atoms with Gasteiger partial charge in [0.2, 0.25) is 0 Å². The van der Waals surface area contributed by atoms with E-state index in [1.165, 1.54) is 7.11 Å². The number of hydrogen-bond acceptors (Lipinski definition) is 5. The van der Waals surface area contributed by atoms with Crippen LogP contribution in [-0.2, 0) is 15.9 Å². The molecule has 0 saturated carbocycles. The third-order valence-corrected chi connectivity index (χ3v) is 4.88. The van der Waals surface area contributed by atoms with Crippen molar-refractivity contribution in [2.75, 3.05) is 20.2 Å². The molecule has 2 rings (SSSR count). The number of esters is 1. The minimum Gasteiger partial charge on any atom is -0.465 e. The topological polar surface area (TPSA) is 79.6 Å². The number of aryl methyl sites for hydroxylation is 1. The fraction of sp³-hybridized carbons (Fsp3) is 0.571. The third-order valence-electron chi connectivity index (χ3n) is 4.88. The Hall–Kier alpha value is -2.55. The van der Waals surface area contributed by atoms with E-state index in [-0.39, 0.29) is 12.1 Å². The summed E-state index contributed by atoms with van der Waals surface area (Å²) in [7, 11) is 1.36. The lowest BCUT2D eigenvalue weighted by Gasteiger charge is -2.37. The lowest BCUT2D eigenvalue weighted by Crippen LogP contribution is -2.45. The van der Waals surface area contributed by atoms with E-state index in [1.807, 2.05) is 32.9 Å². The quantitative estimate of drug-likeness (QED) is 0.748. The molecule has 0 bridgehead atoms. The number of piperidine rings is 1. The first-order chi connectivity index (χ1) is 12.7. The number of rotatable bonds is 4. The molecule has 1 amide bonds. The number of nitrogens with zero attached hydrogens (tertiary/aromatic N) is 2. The lowest BCUT2D eigenvalue weighted by atomic mass is 9.75. The van der Waals surface area contributed by atoms with Gasteiger partial charge in [0.15, 0.2) is 0 Å². The molecule has 0 N–H and O–H groups in total. The maximum atomic E-state index is 12.2. The first-order valence-electron chi connectivity index (χ1n) is 9.24. The summed E-state index contributed by atoms with van der Waals surface area (Å²) in [4.78, 5) is 25.4. The van der Waals surface area contributed by atoms with Crippen LogP contribution in [0.2, 0.25) is 0 Å². The highest BCUT2D eigenvalue weighted by Gasteiger charge is 2.37. The van der Waals surface area contributed by atoms with Gasteiger partial charge in [-0.1, -0.05) is 12.1 Å². The van der Waals surface area contributed by atoms with Crippen LogP contribution in [0.4, 0.5) is 4.79 Å². The number of ether oxygens (including phenoxy) is 2. The van der Waals surface area contributed by atoms with Crippen LogP contribution in [0.15, 0.2) is 24.3 Å². The van der Waals surface area contributed by atoms with Gasteiger partial charge in [-0.05, 0) is 64.2 Å². The molecule has 0 spiro atoms. The predicted molar refractivity (Wildman–Crippen MR) is 101 cm³/mol. The molecule has 1 aromatic rings. The van der Waals surface area contributed by atoms with E-state index in [9.17, 15) is 14.9 Å². The Morgan fingerprint density at radius 1 is 1.19 bits per heavy atom. The molecule has 0 radical (unpaired) electrons. The largest absolute Gasteiger partial charge is 0.465 e. The second-order valence-electron chi connectivity index (χ2n) is 8.05. The number of benzene rings is 1. The minimum atomic E-state index is -0.517. The van der Waals surface area contributed by atoms with Crippen LogP contribution in [0, 0.1) is 16.7 Å². The monoisotopic (exact) mass is 372 g/mol. The van der Waals surface area contributed by atoms with Crippen LogP contribution < -0.4 is 0 Å². The fourth-order valence-electron chi connectivity index (χ4n) is 3.17. The van der Waals surface area contributed by atoms with Crippen molar-refractivity contribution >= 4 is 12.1 Å². The van der Waals surface area contributed by atoms with Gasteiger partial charge in [-0.2, -0.15) is 5.26 Å². The number of nitriles is 1. The first-order valence-corrected chi connectivity index (χ1v) is 9.24. The van der Waals surface area contributed by atoms with Gasteiger partial charge in [-0.3, -0.25) is 0 Å². The second-order valence-corrected chi connectivity index (χ2v) is 8.05. The van der Waals surface area contributed by atoms with Crippen LogP contribution in [0.3, 0.4) is 0 Å². The average molecular weight is 372 g/mol. The summed E-state index contributed by atoms with van der Waals surface area (Å²) in [6.45, 7) is 6.60. The Morgan fingerprint density at radius 2 is 1.78 bits per heavy atom.